The van der Waals surface area contributed by atoms with E-state index in [0.717, 1.165) is 30.5 Å². The summed E-state index contributed by atoms with van der Waals surface area (Å²) in [4.78, 5) is 1.91. The van der Waals surface area contributed by atoms with Gasteiger partial charge in [0, 0.05) is 14.1 Å². The van der Waals surface area contributed by atoms with Crippen LogP contribution in [0, 0.1) is 0 Å². The van der Waals surface area contributed by atoms with E-state index in [1.165, 1.54) is 0 Å². The molecule has 6 heteroatoms. The van der Waals surface area contributed by atoms with Crippen LogP contribution in [0.25, 0.3) is 0 Å². The van der Waals surface area contributed by atoms with Gasteiger partial charge in [-0.05, 0) is 31.0 Å². The average molecular weight is 270 g/mol. The number of sulfonamides is 1. The SMILES string of the molecule is CN(C)c1cc(NS(C)(=O)=O)ccc1OC1CC1. The van der Waals surface area contributed by atoms with Crippen LogP contribution in [0.4, 0.5) is 11.4 Å². The monoisotopic (exact) mass is 270 g/mol. The van der Waals surface area contributed by atoms with Crippen molar-refractivity contribution in [1.29, 1.82) is 0 Å². The number of nitrogens with one attached hydrogen (secondary N) is 1. The molecule has 0 heterocycles. The predicted molar refractivity (Wildman–Crippen MR) is 72.9 cm³/mol. The van der Waals surface area contributed by atoms with E-state index in [2.05, 4.69) is 4.72 Å². The fraction of sp³-hybridized carbons (Fsp3) is 0.500. The quantitative estimate of drug-likeness (QED) is 0.884. The lowest BCUT2D eigenvalue weighted by Gasteiger charge is -2.19. The smallest absolute Gasteiger partial charge is 0.229 e. The highest BCUT2D eigenvalue weighted by molar-refractivity contribution is 7.92. The van der Waals surface area contributed by atoms with E-state index < -0.39 is 10.0 Å². The first kappa shape index (κ1) is 13.0. The Morgan fingerprint density at radius 2 is 2.00 bits per heavy atom. The number of ether oxygens (including phenoxy) is 1. The molecule has 1 aliphatic carbocycles. The van der Waals surface area contributed by atoms with E-state index in [0.29, 0.717) is 11.8 Å². The zero-order chi connectivity index (χ0) is 13.3. The topological polar surface area (TPSA) is 58.6 Å². The minimum absolute atomic E-state index is 0.317. The molecule has 0 radical (unpaired) electrons. The van der Waals surface area contributed by atoms with E-state index in [1.54, 1.807) is 18.2 Å². The summed E-state index contributed by atoms with van der Waals surface area (Å²) in [6.45, 7) is 0. The van der Waals surface area contributed by atoms with Crippen LogP contribution in [0.3, 0.4) is 0 Å². The van der Waals surface area contributed by atoms with Crippen LogP contribution in [0.1, 0.15) is 12.8 Å². The molecular formula is C12H18N2O3S. The Balaban J connectivity index is 2.27. The van der Waals surface area contributed by atoms with Crippen LogP contribution < -0.4 is 14.4 Å². The number of nitrogens with zero attached hydrogens (tertiary/aromatic N) is 1. The van der Waals surface area contributed by atoms with Gasteiger partial charge >= 0.3 is 0 Å². The standard InChI is InChI=1S/C12H18N2O3S/c1-14(2)11-8-9(13-18(3,15)16)4-7-12(11)17-10-5-6-10/h4,7-8,10,13H,5-6H2,1-3H3. The Morgan fingerprint density at radius 3 is 2.50 bits per heavy atom. The highest BCUT2D eigenvalue weighted by Gasteiger charge is 2.25. The van der Waals surface area contributed by atoms with Crippen molar-refractivity contribution in [3.05, 3.63) is 18.2 Å². The van der Waals surface area contributed by atoms with E-state index in [1.807, 2.05) is 19.0 Å². The summed E-state index contributed by atoms with van der Waals surface area (Å²) in [5, 5.41) is 0. The van der Waals surface area contributed by atoms with Gasteiger partial charge in [0.05, 0.1) is 23.7 Å². The van der Waals surface area contributed by atoms with Crippen LogP contribution in [0.15, 0.2) is 18.2 Å². The Labute approximate surface area is 108 Å². The Hall–Kier alpha value is -1.43. The molecule has 0 aliphatic heterocycles. The lowest BCUT2D eigenvalue weighted by molar-refractivity contribution is 0.304. The summed E-state index contributed by atoms with van der Waals surface area (Å²) in [7, 11) is 0.552. The zero-order valence-corrected chi connectivity index (χ0v) is 11.6. The molecule has 1 N–H and O–H groups in total. The summed E-state index contributed by atoms with van der Waals surface area (Å²) < 4.78 is 30.6. The second-order valence-electron chi connectivity index (χ2n) is 4.77. The van der Waals surface area contributed by atoms with Crippen LogP contribution in [-0.2, 0) is 10.0 Å². The van der Waals surface area contributed by atoms with Gasteiger partial charge in [0.1, 0.15) is 5.75 Å². The van der Waals surface area contributed by atoms with Gasteiger partial charge in [-0.2, -0.15) is 0 Å². The summed E-state index contributed by atoms with van der Waals surface area (Å²) in [6.07, 6.45) is 3.64. The molecule has 0 saturated heterocycles. The fourth-order valence-corrected chi connectivity index (χ4v) is 2.16. The molecule has 1 aromatic rings. The van der Waals surface area contributed by atoms with Gasteiger partial charge in [0.15, 0.2) is 0 Å². The summed E-state index contributed by atoms with van der Waals surface area (Å²) in [5.74, 6) is 0.793. The molecule has 0 atom stereocenters. The normalized spacial score (nSPS) is 15.3. The molecule has 1 saturated carbocycles. The van der Waals surface area contributed by atoms with Gasteiger partial charge in [-0.1, -0.05) is 0 Å². The fourth-order valence-electron chi connectivity index (χ4n) is 1.61. The third-order valence-electron chi connectivity index (χ3n) is 2.56. The van der Waals surface area contributed by atoms with Gasteiger partial charge in [-0.15, -0.1) is 0 Å². The van der Waals surface area contributed by atoms with E-state index in [9.17, 15) is 8.42 Å². The van der Waals surface area contributed by atoms with Crippen molar-refractivity contribution in [1.82, 2.24) is 0 Å². The predicted octanol–water partition coefficient (Wildman–Crippen LogP) is 1.67. The zero-order valence-electron chi connectivity index (χ0n) is 10.8. The first-order chi connectivity index (χ1) is 8.35. The second kappa shape index (κ2) is 4.68. The van der Waals surface area contributed by atoms with Gasteiger partial charge in [-0.3, -0.25) is 4.72 Å². The van der Waals surface area contributed by atoms with Crippen molar-refractivity contribution in [2.45, 2.75) is 18.9 Å². The molecule has 0 unspecified atom stereocenters. The Bertz CT molecular complexity index is 536. The van der Waals surface area contributed by atoms with Crippen molar-refractivity contribution >= 4 is 21.4 Å². The first-order valence-corrected chi connectivity index (χ1v) is 7.70. The average Bonchev–Trinajstić information content (AvgIpc) is 3.01. The first-order valence-electron chi connectivity index (χ1n) is 5.81. The van der Waals surface area contributed by atoms with Crippen molar-refractivity contribution < 1.29 is 13.2 Å². The maximum absolute atomic E-state index is 11.2. The number of benzene rings is 1. The molecule has 0 amide bonds. The highest BCUT2D eigenvalue weighted by atomic mass is 32.2. The van der Waals surface area contributed by atoms with Crippen LogP contribution >= 0.6 is 0 Å². The number of anilines is 2. The molecule has 1 aliphatic rings. The van der Waals surface area contributed by atoms with E-state index >= 15 is 0 Å². The summed E-state index contributed by atoms with van der Waals surface area (Å²) >= 11 is 0. The minimum Gasteiger partial charge on any atom is -0.488 e. The molecule has 1 aromatic carbocycles. The van der Waals surface area contributed by atoms with Gasteiger partial charge in [0.25, 0.3) is 0 Å². The lowest BCUT2D eigenvalue weighted by Crippen LogP contribution is -2.14. The van der Waals surface area contributed by atoms with Gasteiger partial charge < -0.3 is 9.64 Å². The maximum atomic E-state index is 11.2. The Morgan fingerprint density at radius 1 is 1.33 bits per heavy atom. The molecule has 18 heavy (non-hydrogen) atoms. The third kappa shape index (κ3) is 3.53. The van der Waals surface area contributed by atoms with Crippen molar-refractivity contribution in [3.8, 4) is 5.75 Å². The molecule has 1 fully saturated rings. The van der Waals surface area contributed by atoms with Gasteiger partial charge in [-0.25, -0.2) is 8.42 Å². The number of rotatable bonds is 5. The number of hydrogen-bond acceptors (Lipinski definition) is 4. The second-order valence-corrected chi connectivity index (χ2v) is 6.52. The summed E-state index contributed by atoms with van der Waals surface area (Å²) in [6, 6.07) is 5.30. The molecule has 100 valence electrons. The van der Waals surface area contributed by atoms with Crippen molar-refractivity contribution in [3.63, 3.8) is 0 Å². The molecular weight excluding hydrogens is 252 g/mol. The van der Waals surface area contributed by atoms with Crippen LogP contribution in [0.5, 0.6) is 5.75 Å². The minimum atomic E-state index is -3.25. The van der Waals surface area contributed by atoms with Gasteiger partial charge in [0.2, 0.25) is 10.0 Å². The molecule has 2 rings (SSSR count). The highest BCUT2D eigenvalue weighted by Crippen LogP contribution is 2.35. The van der Waals surface area contributed by atoms with Crippen molar-refractivity contribution in [2.75, 3.05) is 30.0 Å². The summed E-state index contributed by atoms with van der Waals surface area (Å²) in [5.41, 5.74) is 1.42. The Kier molecular flexibility index (Phi) is 3.38. The largest absolute Gasteiger partial charge is 0.488 e. The third-order valence-corrected chi connectivity index (χ3v) is 3.17. The lowest BCUT2D eigenvalue weighted by atomic mass is 10.2. The number of hydrogen-bond donors (Lipinski definition) is 1. The molecule has 0 aromatic heterocycles. The van der Waals surface area contributed by atoms with Crippen molar-refractivity contribution in [2.24, 2.45) is 0 Å². The van der Waals surface area contributed by atoms with E-state index in [-0.39, 0.29) is 0 Å². The van der Waals surface area contributed by atoms with Crippen LogP contribution in [-0.4, -0.2) is 34.9 Å². The van der Waals surface area contributed by atoms with Crippen LogP contribution in [0.2, 0.25) is 0 Å². The maximum Gasteiger partial charge on any atom is 0.229 e. The molecule has 0 bridgehead atoms. The molecule has 5 nitrogen and oxygen atoms in total. The molecule has 0 spiro atoms. The van der Waals surface area contributed by atoms with E-state index in [4.69, 9.17) is 4.74 Å².